The Morgan fingerprint density at radius 2 is 1.80 bits per heavy atom. The summed E-state index contributed by atoms with van der Waals surface area (Å²) >= 11 is 1.22. The number of amides is 1. The van der Waals surface area contributed by atoms with Crippen LogP contribution < -0.4 is 14.8 Å². The van der Waals surface area contributed by atoms with Crippen molar-refractivity contribution in [2.75, 3.05) is 14.2 Å². The number of carbonyl (C=O) groups is 1. The Kier molecular flexibility index (Phi) is 5.04. The van der Waals surface area contributed by atoms with E-state index in [4.69, 9.17) is 9.47 Å². The Hall–Kier alpha value is -2.80. The number of benzene rings is 2. The molecule has 1 aliphatic rings. The molecule has 0 radical (unpaired) electrons. The zero-order chi connectivity index (χ0) is 17.8. The van der Waals surface area contributed by atoms with Crippen molar-refractivity contribution >= 4 is 34.6 Å². The highest BCUT2D eigenvalue weighted by atomic mass is 32.2. The second-order valence-corrected chi connectivity index (χ2v) is 6.10. The molecule has 0 aromatic heterocycles. The van der Waals surface area contributed by atoms with Crippen molar-refractivity contribution in [3.8, 4) is 11.5 Å². The quantitative estimate of drug-likeness (QED) is 0.846. The van der Waals surface area contributed by atoms with Gasteiger partial charge in [-0.05, 0) is 59.8 Å². The summed E-state index contributed by atoms with van der Waals surface area (Å²) in [5.41, 5.74) is 1.37. The van der Waals surface area contributed by atoms with Crippen molar-refractivity contribution in [3.05, 3.63) is 58.8 Å². The summed E-state index contributed by atoms with van der Waals surface area (Å²) in [5, 5.41) is 3.14. The first-order valence-electron chi connectivity index (χ1n) is 7.36. The van der Waals surface area contributed by atoms with Crippen LogP contribution >= 0.6 is 11.8 Å². The lowest BCUT2D eigenvalue weighted by Crippen LogP contribution is -2.19. The van der Waals surface area contributed by atoms with Gasteiger partial charge in [-0.15, -0.1) is 0 Å². The van der Waals surface area contributed by atoms with Gasteiger partial charge in [-0.3, -0.25) is 4.79 Å². The first kappa shape index (κ1) is 17.0. The first-order valence-corrected chi connectivity index (χ1v) is 8.18. The molecule has 25 heavy (non-hydrogen) atoms. The molecule has 1 aliphatic heterocycles. The van der Waals surface area contributed by atoms with Gasteiger partial charge in [0.25, 0.3) is 5.91 Å². The Balaban J connectivity index is 1.83. The molecule has 1 amide bonds. The minimum absolute atomic E-state index is 0.236. The standard InChI is InChI=1S/C18H15FN2O3S/c1-23-14-8-3-11(9-15(14)24-2)10-16-17(22)21-18(25-16)20-13-6-4-12(19)5-7-13/h3-10H,1-2H3,(H,20,21,22)/b16-10-. The topological polar surface area (TPSA) is 59.9 Å². The molecule has 1 saturated heterocycles. The second-order valence-electron chi connectivity index (χ2n) is 5.07. The van der Waals surface area contributed by atoms with E-state index in [-0.39, 0.29) is 11.7 Å². The van der Waals surface area contributed by atoms with Gasteiger partial charge in [-0.2, -0.15) is 0 Å². The smallest absolute Gasteiger partial charge is 0.264 e. The van der Waals surface area contributed by atoms with Crippen LogP contribution in [0.5, 0.6) is 11.5 Å². The summed E-state index contributed by atoms with van der Waals surface area (Å²) in [6.45, 7) is 0. The Labute approximate surface area is 148 Å². The van der Waals surface area contributed by atoms with E-state index < -0.39 is 0 Å². The van der Waals surface area contributed by atoms with E-state index in [9.17, 15) is 9.18 Å². The van der Waals surface area contributed by atoms with Crippen LogP contribution in [0.3, 0.4) is 0 Å². The van der Waals surface area contributed by atoms with Gasteiger partial charge in [0.2, 0.25) is 0 Å². The van der Waals surface area contributed by atoms with Crippen molar-refractivity contribution < 1.29 is 18.7 Å². The number of nitrogens with one attached hydrogen (secondary N) is 1. The van der Waals surface area contributed by atoms with Crippen LogP contribution in [0.4, 0.5) is 10.1 Å². The van der Waals surface area contributed by atoms with Crippen LogP contribution in [-0.2, 0) is 4.79 Å². The molecular formula is C18H15FN2O3S. The van der Waals surface area contributed by atoms with Crippen molar-refractivity contribution in [3.63, 3.8) is 0 Å². The summed E-state index contributed by atoms with van der Waals surface area (Å²) in [5.74, 6) is 0.633. The summed E-state index contributed by atoms with van der Waals surface area (Å²) in [7, 11) is 3.12. The van der Waals surface area contributed by atoms with Crippen LogP contribution in [-0.4, -0.2) is 25.3 Å². The molecule has 5 nitrogen and oxygen atoms in total. The number of nitrogens with zero attached hydrogens (tertiary/aromatic N) is 1. The van der Waals surface area contributed by atoms with Crippen molar-refractivity contribution in [2.24, 2.45) is 4.99 Å². The molecule has 1 N–H and O–H groups in total. The van der Waals surface area contributed by atoms with E-state index in [2.05, 4.69) is 10.3 Å². The molecule has 0 aliphatic carbocycles. The first-order chi connectivity index (χ1) is 12.1. The zero-order valence-electron chi connectivity index (χ0n) is 13.6. The summed E-state index contributed by atoms with van der Waals surface area (Å²) in [6.07, 6.45) is 1.75. The lowest BCUT2D eigenvalue weighted by molar-refractivity contribution is -0.115. The molecule has 128 valence electrons. The van der Waals surface area contributed by atoms with E-state index >= 15 is 0 Å². The Morgan fingerprint density at radius 1 is 1.08 bits per heavy atom. The number of hydrogen-bond acceptors (Lipinski definition) is 5. The van der Waals surface area contributed by atoms with Crippen molar-refractivity contribution in [1.29, 1.82) is 0 Å². The molecule has 0 saturated carbocycles. The number of halogens is 1. The third kappa shape index (κ3) is 4.00. The highest BCUT2D eigenvalue weighted by Gasteiger charge is 2.24. The van der Waals surface area contributed by atoms with E-state index in [1.807, 2.05) is 6.07 Å². The van der Waals surface area contributed by atoms with Crippen LogP contribution in [0.1, 0.15) is 5.56 Å². The van der Waals surface area contributed by atoms with Crippen LogP contribution in [0.25, 0.3) is 6.08 Å². The zero-order valence-corrected chi connectivity index (χ0v) is 14.4. The predicted molar refractivity (Wildman–Crippen MR) is 96.8 cm³/mol. The molecule has 1 fully saturated rings. The lowest BCUT2D eigenvalue weighted by atomic mass is 10.2. The average Bonchev–Trinajstić information content (AvgIpc) is 2.96. The number of ether oxygens (including phenoxy) is 2. The number of aliphatic imine (C=N–C) groups is 1. The minimum atomic E-state index is -0.332. The number of rotatable bonds is 4. The Morgan fingerprint density at radius 3 is 2.48 bits per heavy atom. The van der Waals surface area contributed by atoms with Gasteiger partial charge in [-0.1, -0.05) is 6.07 Å². The monoisotopic (exact) mass is 358 g/mol. The number of carbonyl (C=O) groups excluding carboxylic acids is 1. The maximum Gasteiger partial charge on any atom is 0.264 e. The Bertz CT molecular complexity index is 863. The van der Waals surface area contributed by atoms with Gasteiger partial charge in [0, 0.05) is 0 Å². The number of thioether (sulfide) groups is 1. The average molecular weight is 358 g/mol. The van der Waals surface area contributed by atoms with E-state index in [1.165, 1.54) is 23.9 Å². The highest BCUT2D eigenvalue weighted by molar-refractivity contribution is 8.18. The third-order valence-electron chi connectivity index (χ3n) is 3.41. The number of amidine groups is 1. The number of methoxy groups -OCH3 is 2. The molecule has 2 aromatic carbocycles. The fraction of sp³-hybridized carbons (Fsp3) is 0.111. The maximum absolute atomic E-state index is 12.9. The predicted octanol–water partition coefficient (Wildman–Crippen LogP) is 3.73. The van der Waals surface area contributed by atoms with Gasteiger partial charge in [0.15, 0.2) is 16.7 Å². The van der Waals surface area contributed by atoms with Crippen LogP contribution in [0.2, 0.25) is 0 Å². The largest absolute Gasteiger partial charge is 0.493 e. The van der Waals surface area contributed by atoms with Gasteiger partial charge in [0.05, 0.1) is 24.8 Å². The number of hydrogen-bond donors (Lipinski definition) is 1. The fourth-order valence-electron chi connectivity index (χ4n) is 2.21. The molecule has 0 unspecified atom stereocenters. The second kappa shape index (κ2) is 7.40. The molecule has 0 spiro atoms. The van der Waals surface area contributed by atoms with E-state index in [0.717, 1.165) is 5.56 Å². The van der Waals surface area contributed by atoms with Gasteiger partial charge in [0.1, 0.15) is 5.82 Å². The van der Waals surface area contributed by atoms with E-state index in [0.29, 0.717) is 27.3 Å². The normalized spacial score (nSPS) is 17.0. The van der Waals surface area contributed by atoms with Crippen molar-refractivity contribution in [2.45, 2.75) is 0 Å². The lowest BCUT2D eigenvalue weighted by Gasteiger charge is -2.07. The van der Waals surface area contributed by atoms with E-state index in [1.54, 1.807) is 44.6 Å². The van der Waals surface area contributed by atoms with Gasteiger partial charge >= 0.3 is 0 Å². The van der Waals surface area contributed by atoms with Crippen LogP contribution in [0.15, 0.2) is 52.4 Å². The molecule has 2 aromatic rings. The molecular weight excluding hydrogens is 343 g/mol. The van der Waals surface area contributed by atoms with Crippen molar-refractivity contribution in [1.82, 2.24) is 5.32 Å². The fourth-order valence-corrected chi connectivity index (χ4v) is 3.05. The van der Waals surface area contributed by atoms with Gasteiger partial charge in [-0.25, -0.2) is 9.38 Å². The molecule has 0 bridgehead atoms. The van der Waals surface area contributed by atoms with Crippen LogP contribution in [0, 0.1) is 5.82 Å². The molecule has 7 heteroatoms. The third-order valence-corrected chi connectivity index (χ3v) is 4.32. The maximum atomic E-state index is 12.9. The summed E-state index contributed by atoms with van der Waals surface area (Å²) in [6, 6.07) is 11.1. The summed E-state index contributed by atoms with van der Waals surface area (Å²) in [4.78, 5) is 16.9. The molecule has 0 atom stereocenters. The SMILES string of the molecule is COc1ccc(/C=C2\SC(=Nc3ccc(F)cc3)NC2=O)cc1OC. The molecule has 1 heterocycles. The highest BCUT2D eigenvalue weighted by Crippen LogP contribution is 2.32. The van der Waals surface area contributed by atoms with Gasteiger partial charge < -0.3 is 14.8 Å². The molecule has 3 rings (SSSR count). The summed E-state index contributed by atoms with van der Waals surface area (Å²) < 4.78 is 23.4. The minimum Gasteiger partial charge on any atom is -0.493 e.